The first-order valence-corrected chi connectivity index (χ1v) is 19.7. The van der Waals surface area contributed by atoms with Crippen LogP contribution in [0.3, 0.4) is 0 Å². The summed E-state index contributed by atoms with van der Waals surface area (Å²) in [5, 5.41) is 14.7. The number of rotatable bonds is 22. The molecular weight excluding hydrogens is 660 g/mol. The monoisotopic (exact) mass is 733 g/mol. The van der Waals surface area contributed by atoms with E-state index in [0.717, 1.165) is 57.3 Å². The van der Waals surface area contributed by atoms with E-state index in [1.54, 1.807) is 34.9 Å². The van der Waals surface area contributed by atoms with Gasteiger partial charge in [0.15, 0.2) is 0 Å². The number of nitrogens with two attached hydrogens (primary N) is 1. The number of esters is 1. The minimum absolute atomic E-state index is 0.0554. The average molecular weight is 733 g/mol. The number of hydrogen-bond donors (Lipinski definition) is 3. The van der Waals surface area contributed by atoms with E-state index in [9.17, 15) is 19.5 Å². The number of hydrogen-bond acceptors (Lipinski definition) is 9. The van der Waals surface area contributed by atoms with Crippen molar-refractivity contribution in [3.8, 4) is 5.75 Å². The van der Waals surface area contributed by atoms with Gasteiger partial charge in [0.05, 0.1) is 30.4 Å². The summed E-state index contributed by atoms with van der Waals surface area (Å²) in [6.45, 7) is 18.9. The zero-order chi connectivity index (χ0) is 39.0. The van der Waals surface area contributed by atoms with Crippen LogP contribution in [0.25, 0.3) is 0 Å². The van der Waals surface area contributed by atoms with Crippen molar-refractivity contribution in [1.82, 2.24) is 10.2 Å². The van der Waals surface area contributed by atoms with E-state index in [1.807, 2.05) is 45.9 Å². The maximum atomic E-state index is 14.2. The number of carbonyl (C=O) groups excluding carboxylic acids is 3. The first-order chi connectivity index (χ1) is 24.5. The standard InChI is InChI=1S/C41H72N4O7/c1-11-12-20-43-38(47)33(29(4)5)27-35(46)34(40(49)52-41(6,7)8)26-32(28(2)3)37(42)44(9)39(48)31-19-18-30(45-21-14-13-15-22-45)25-36(31)51-24-17-16-23-50-10/h18-19,25,28-29,32-35,37,46H,11-17,20-24,26-27,42H2,1-10H3,(H,43,47). The molecule has 1 heterocycles. The van der Waals surface area contributed by atoms with Gasteiger partial charge in [-0.25, -0.2) is 0 Å². The third kappa shape index (κ3) is 14.5. The number of amides is 2. The number of methoxy groups -OCH3 is 1. The second kappa shape index (κ2) is 22.4. The van der Waals surface area contributed by atoms with Crippen molar-refractivity contribution in [3.05, 3.63) is 23.8 Å². The van der Waals surface area contributed by atoms with Crippen molar-refractivity contribution in [2.75, 3.05) is 51.9 Å². The highest BCUT2D eigenvalue weighted by molar-refractivity contribution is 5.97. The lowest BCUT2D eigenvalue weighted by Gasteiger charge is -2.38. The van der Waals surface area contributed by atoms with Crippen LogP contribution in [-0.4, -0.2) is 92.7 Å². The highest BCUT2D eigenvalue weighted by atomic mass is 16.6. The zero-order valence-electron chi connectivity index (χ0n) is 34.0. The fourth-order valence-electron chi connectivity index (χ4n) is 6.81. The third-order valence-electron chi connectivity index (χ3n) is 10.1. The predicted molar refractivity (Wildman–Crippen MR) is 208 cm³/mol. The molecule has 4 N–H and O–H groups in total. The summed E-state index contributed by atoms with van der Waals surface area (Å²) < 4.78 is 17.3. The van der Waals surface area contributed by atoms with Crippen molar-refractivity contribution in [3.63, 3.8) is 0 Å². The number of carbonyl (C=O) groups is 3. The number of piperidine rings is 1. The molecule has 0 bridgehead atoms. The van der Waals surface area contributed by atoms with E-state index in [2.05, 4.69) is 17.1 Å². The normalized spacial score (nSPS) is 16.6. The minimum Gasteiger partial charge on any atom is -0.493 e. The van der Waals surface area contributed by atoms with Crippen molar-refractivity contribution in [1.29, 1.82) is 0 Å². The van der Waals surface area contributed by atoms with Crippen molar-refractivity contribution in [2.45, 2.75) is 131 Å². The molecule has 52 heavy (non-hydrogen) atoms. The Bertz CT molecular complexity index is 1230. The second-order valence-corrected chi connectivity index (χ2v) is 16.3. The van der Waals surface area contributed by atoms with Crippen LogP contribution in [0.15, 0.2) is 18.2 Å². The van der Waals surface area contributed by atoms with E-state index in [-0.39, 0.29) is 42.4 Å². The molecule has 11 nitrogen and oxygen atoms in total. The molecule has 0 radical (unpaired) electrons. The van der Waals surface area contributed by atoms with Crippen LogP contribution >= 0.6 is 0 Å². The zero-order valence-corrected chi connectivity index (χ0v) is 34.0. The molecule has 1 aliphatic heterocycles. The Morgan fingerprint density at radius 2 is 1.62 bits per heavy atom. The molecule has 2 rings (SSSR count). The van der Waals surface area contributed by atoms with Crippen LogP contribution in [0.4, 0.5) is 5.69 Å². The number of benzene rings is 1. The third-order valence-corrected chi connectivity index (χ3v) is 10.1. The molecular formula is C41H72N4O7. The number of aliphatic hydroxyl groups excluding tert-OH is 1. The van der Waals surface area contributed by atoms with Gasteiger partial charge in [0, 0.05) is 58.1 Å². The predicted octanol–water partition coefficient (Wildman–Crippen LogP) is 6.40. The molecule has 1 aromatic carbocycles. The molecule has 5 unspecified atom stereocenters. The second-order valence-electron chi connectivity index (χ2n) is 16.3. The SMILES string of the molecule is CCCCNC(=O)C(CC(O)C(CC(C(C)C)C(N)N(C)C(=O)c1ccc(N2CCCCC2)cc1OCCCCOC)C(=O)OC(C)(C)C)C(C)C. The molecule has 11 heteroatoms. The van der Waals surface area contributed by atoms with Crippen LogP contribution in [0.2, 0.25) is 0 Å². The van der Waals surface area contributed by atoms with Crippen LogP contribution in [0, 0.1) is 29.6 Å². The summed E-state index contributed by atoms with van der Waals surface area (Å²) >= 11 is 0. The van der Waals surface area contributed by atoms with E-state index < -0.39 is 35.7 Å². The van der Waals surface area contributed by atoms with Gasteiger partial charge in [-0.15, -0.1) is 0 Å². The first-order valence-electron chi connectivity index (χ1n) is 19.7. The summed E-state index contributed by atoms with van der Waals surface area (Å²) in [7, 11) is 3.35. The van der Waals surface area contributed by atoms with Gasteiger partial charge in [-0.1, -0.05) is 41.0 Å². The van der Waals surface area contributed by atoms with Crippen molar-refractivity contribution in [2.24, 2.45) is 35.3 Å². The number of aliphatic hydroxyl groups is 1. The van der Waals surface area contributed by atoms with Gasteiger partial charge >= 0.3 is 5.97 Å². The number of nitrogens with zero attached hydrogens (tertiary/aromatic N) is 2. The fourth-order valence-corrected chi connectivity index (χ4v) is 6.81. The Morgan fingerprint density at radius 1 is 0.962 bits per heavy atom. The topological polar surface area (TPSA) is 144 Å². The van der Waals surface area contributed by atoms with Gasteiger partial charge in [-0.2, -0.15) is 0 Å². The van der Waals surface area contributed by atoms with Crippen molar-refractivity contribution >= 4 is 23.5 Å². The summed E-state index contributed by atoms with van der Waals surface area (Å²) in [4.78, 5) is 45.1. The lowest BCUT2D eigenvalue weighted by atomic mass is 9.78. The molecule has 5 atom stereocenters. The van der Waals surface area contributed by atoms with Crippen LogP contribution in [0.5, 0.6) is 5.75 Å². The Kier molecular flexibility index (Phi) is 19.5. The van der Waals surface area contributed by atoms with Gasteiger partial charge in [-0.3, -0.25) is 14.4 Å². The first kappa shape index (κ1) is 45.3. The van der Waals surface area contributed by atoms with E-state index in [0.29, 0.717) is 31.1 Å². The Morgan fingerprint density at radius 3 is 2.19 bits per heavy atom. The Hall–Kier alpha value is -2.89. The molecule has 0 saturated carbocycles. The molecule has 1 aliphatic rings. The quantitative estimate of drug-likeness (QED) is 0.0701. The molecule has 298 valence electrons. The molecule has 1 fully saturated rings. The molecule has 2 amide bonds. The number of anilines is 1. The molecule has 0 aliphatic carbocycles. The highest BCUT2D eigenvalue weighted by Gasteiger charge is 2.40. The fraction of sp³-hybridized carbons (Fsp3) is 0.780. The average Bonchev–Trinajstić information content (AvgIpc) is 3.09. The molecule has 1 saturated heterocycles. The Balaban J connectivity index is 2.39. The van der Waals surface area contributed by atoms with Crippen LogP contribution in [0.1, 0.15) is 124 Å². The number of ether oxygens (including phenoxy) is 3. The number of unbranched alkanes of at least 4 members (excludes halogenated alkanes) is 2. The summed E-state index contributed by atoms with van der Waals surface area (Å²) in [6.07, 6.45) is 5.25. The summed E-state index contributed by atoms with van der Waals surface area (Å²) in [5.74, 6) is -2.39. The molecule has 1 aromatic rings. The maximum absolute atomic E-state index is 14.2. The van der Waals surface area contributed by atoms with Gasteiger partial charge in [-0.05, 0) is 102 Å². The van der Waals surface area contributed by atoms with Gasteiger partial charge in [0.2, 0.25) is 5.91 Å². The van der Waals surface area contributed by atoms with Gasteiger partial charge in [0.1, 0.15) is 11.4 Å². The highest BCUT2D eigenvalue weighted by Crippen LogP contribution is 2.34. The smallest absolute Gasteiger partial charge is 0.312 e. The van der Waals surface area contributed by atoms with E-state index >= 15 is 0 Å². The molecule has 0 aromatic heterocycles. The lowest BCUT2D eigenvalue weighted by Crippen LogP contribution is -2.51. The number of nitrogens with one attached hydrogen (secondary N) is 1. The lowest BCUT2D eigenvalue weighted by molar-refractivity contribution is -0.166. The summed E-state index contributed by atoms with van der Waals surface area (Å²) in [6, 6.07) is 5.77. The Labute approximate surface area is 314 Å². The van der Waals surface area contributed by atoms with Crippen LogP contribution in [-0.2, 0) is 19.1 Å². The van der Waals surface area contributed by atoms with Gasteiger partial charge in [0.25, 0.3) is 5.91 Å². The van der Waals surface area contributed by atoms with E-state index in [1.165, 1.54) is 11.3 Å². The van der Waals surface area contributed by atoms with E-state index in [4.69, 9.17) is 19.9 Å². The molecule has 0 spiro atoms. The summed E-state index contributed by atoms with van der Waals surface area (Å²) in [5.41, 5.74) is 7.61. The minimum atomic E-state index is -1.16. The van der Waals surface area contributed by atoms with Gasteiger partial charge < -0.3 is 40.2 Å². The maximum Gasteiger partial charge on any atom is 0.312 e. The largest absolute Gasteiger partial charge is 0.493 e. The van der Waals surface area contributed by atoms with Crippen LogP contribution < -0.4 is 20.7 Å². The van der Waals surface area contributed by atoms with Crippen molar-refractivity contribution < 1.29 is 33.7 Å².